The molecule has 9 nitrogen and oxygen atoms in total. The zero-order valence-corrected chi connectivity index (χ0v) is 14.9. The fraction of sp³-hybridized carbons (Fsp3) is 0.833. The number of aliphatic hydroxyl groups is 4. The van der Waals surface area contributed by atoms with E-state index in [1.807, 2.05) is 0 Å². The van der Waals surface area contributed by atoms with Gasteiger partial charge in [0.15, 0.2) is 5.78 Å². The third-order valence-electron chi connectivity index (χ3n) is 1.62. The minimum atomic E-state index is -4.81. The van der Waals surface area contributed by atoms with Crippen LogP contribution in [0, 0.1) is 0 Å². The number of aliphatic hydroxyl groups excluding tert-OH is 4. The van der Waals surface area contributed by atoms with E-state index in [0.29, 0.717) is 0 Å². The Balaban J connectivity index is -0.00000112. The second-order valence-electron chi connectivity index (χ2n) is 2.91. The van der Waals surface area contributed by atoms with Gasteiger partial charge in [0.05, 0.1) is 6.61 Å². The normalized spacial score (nSPS) is 15.9. The molecular formula is C6H13Na2O9P. The van der Waals surface area contributed by atoms with Gasteiger partial charge in [-0.3, -0.25) is 9.32 Å². The van der Waals surface area contributed by atoms with Crippen molar-refractivity contribution in [3.8, 4) is 0 Å². The van der Waals surface area contributed by atoms with Crippen LogP contribution in [0.3, 0.4) is 0 Å². The number of hydrogen-bond acceptors (Lipinski definition) is 7. The Bertz CT molecular complexity index is 282. The van der Waals surface area contributed by atoms with E-state index in [0.717, 1.165) is 0 Å². The molecule has 0 fully saturated rings. The number of phosphoric acid groups is 1. The topological polar surface area (TPSA) is 165 Å². The quantitative estimate of drug-likeness (QED) is 0.203. The van der Waals surface area contributed by atoms with Crippen molar-refractivity contribution >= 4 is 72.7 Å². The van der Waals surface area contributed by atoms with Gasteiger partial charge in [-0.15, -0.1) is 0 Å². The molecule has 0 aliphatic heterocycles. The molecule has 3 atom stereocenters. The molecule has 0 spiro atoms. The minimum Gasteiger partial charge on any atom is -0.388 e. The van der Waals surface area contributed by atoms with Gasteiger partial charge < -0.3 is 30.2 Å². The first-order chi connectivity index (χ1) is 7.19. The van der Waals surface area contributed by atoms with Crippen LogP contribution in [-0.2, 0) is 13.9 Å². The van der Waals surface area contributed by atoms with Crippen LogP contribution in [0.2, 0.25) is 0 Å². The number of rotatable bonds is 7. The Morgan fingerprint density at radius 1 is 1.17 bits per heavy atom. The van der Waals surface area contributed by atoms with Gasteiger partial charge in [0.25, 0.3) is 0 Å². The van der Waals surface area contributed by atoms with E-state index in [9.17, 15) is 9.36 Å². The smallest absolute Gasteiger partial charge is 0.388 e. The van der Waals surface area contributed by atoms with Crippen molar-refractivity contribution in [1.82, 2.24) is 0 Å². The van der Waals surface area contributed by atoms with E-state index in [-0.39, 0.29) is 59.1 Å². The number of ketones is 1. The van der Waals surface area contributed by atoms with Crippen molar-refractivity contribution < 1.29 is 44.1 Å². The molecule has 12 heteroatoms. The van der Waals surface area contributed by atoms with Crippen molar-refractivity contribution in [3.63, 3.8) is 0 Å². The van der Waals surface area contributed by atoms with E-state index >= 15 is 0 Å². The molecule has 6 N–H and O–H groups in total. The average Bonchev–Trinajstić information content (AvgIpc) is 2.21. The maximum atomic E-state index is 10.7. The van der Waals surface area contributed by atoms with Gasteiger partial charge >= 0.3 is 7.82 Å². The molecule has 0 heterocycles. The summed E-state index contributed by atoms with van der Waals surface area (Å²) in [6.45, 7) is -2.01. The molecular weight excluding hydrogens is 293 g/mol. The molecule has 98 valence electrons. The summed E-state index contributed by atoms with van der Waals surface area (Å²) in [5.41, 5.74) is 0. The first-order valence-corrected chi connectivity index (χ1v) is 5.60. The van der Waals surface area contributed by atoms with E-state index < -0.39 is 45.1 Å². The fourth-order valence-electron chi connectivity index (χ4n) is 0.766. The number of carbonyl (C=O) groups is 1. The molecule has 0 aromatic carbocycles. The zero-order valence-electron chi connectivity index (χ0n) is 10.0. The van der Waals surface area contributed by atoms with Crippen molar-refractivity contribution in [3.05, 3.63) is 0 Å². The van der Waals surface area contributed by atoms with Gasteiger partial charge in [0.1, 0.15) is 24.9 Å². The molecule has 0 aliphatic rings. The van der Waals surface area contributed by atoms with Crippen LogP contribution in [0.15, 0.2) is 0 Å². The van der Waals surface area contributed by atoms with Crippen molar-refractivity contribution in [2.75, 3.05) is 13.2 Å². The summed E-state index contributed by atoms with van der Waals surface area (Å²) in [6, 6.07) is 0. The van der Waals surface area contributed by atoms with Crippen LogP contribution < -0.4 is 0 Å². The van der Waals surface area contributed by atoms with Gasteiger partial charge in [-0.2, -0.15) is 0 Å². The molecule has 0 aromatic heterocycles. The third-order valence-corrected chi connectivity index (χ3v) is 2.10. The van der Waals surface area contributed by atoms with Crippen LogP contribution in [0.5, 0.6) is 0 Å². The largest absolute Gasteiger partial charge is 0.469 e. The summed E-state index contributed by atoms with van der Waals surface area (Å²) in [7, 11) is -4.81. The van der Waals surface area contributed by atoms with Gasteiger partial charge in [0, 0.05) is 59.1 Å². The molecule has 18 heavy (non-hydrogen) atoms. The average molecular weight is 306 g/mol. The van der Waals surface area contributed by atoms with Crippen LogP contribution in [0.25, 0.3) is 0 Å². The van der Waals surface area contributed by atoms with E-state index in [1.165, 1.54) is 0 Å². The number of phosphoric ester groups is 1. The Labute approximate surface area is 147 Å². The van der Waals surface area contributed by atoms with Gasteiger partial charge in [-0.05, 0) is 0 Å². The van der Waals surface area contributed by atoms with Crippen molar-refractivity contribution in [1.29, 1.82) is 0 Å². The van der Waals surface area contributed by atoms with E-state index in [1.54, 1.807) is 0 Å². The molecule has 0 aromatic rings. The third kappa shape index (κ3) is 10.4. The Morgan fingerprint density at radius 3 is 1.94 bits per heavy atom. The zero-order chi connectivity index (χ0) is 12.9. The standard InChI is InChI=1S/C6H13O9P.2Na/c7-1-3(8)5(10)6(11)4(9)2-15-16(12,13)14;;/h4-7,9-11H,1-2H2,(H2,12,13,14);;. The Hall–Kier alpha value is 1.62. The number of carbonyl (C=O) groups excluding carboxylic acids is 1. The number of Topliss-reactive ketones (excluding diaryl/α,β-unsaturated/α-hetero) is 1. The molecule has 0 aliphatic carbocycles. The summed E-state index contributed by atoms with van der Waals surface area (Å²) in [4.78, 5) is 27.2. The van der Waals surface area contributed by atoms with Gasteiger partial charge in [0.2, 0.25) is 0 Å². The Morgan fingerprint density at radius 2 is 1.61 bits per heavy atom. The second kappa shape index (κ2) is 11.3. The van der Waals surface area contributed by atoms with Crippen LogP contribution >= 0.6 is 7.82 Å². The van der Waals surface area contributed by atoms with Crippen LogP contribution in [-0.4, -0.2) is 127 Å². The maximum Gasteiger partial charge on any atom is 0.469 e. The van der Waals surface area contributed by atoms with Crippen LogP contribution in [0.4, 0.5) is 0 Å². The SMILES string of the molecule is O=C(CO)C(O)C(O)C(O)COP(=O)(O)O.[Na].[Na]. The second-order valence-corrected chi connectivity index (χ2v) is 4.15. The predicted octanol–water partition coefficient (Wildman–Crippen LogP) is -4.02. The van der Waals surface area contributed by atoms with E-state index in [2.05, 4.69) is 4.52 Å². The fourth-order valence-corrected chi connectivity index (χ4v) is 1.11. The molecule has 0 saturated carbocycles. The molecule has 0 saturated heterocycles. The molecule has 0 amide bonds. The Kier molecular flexibility index (Phi) is 15.5. The predicted molar refractivity (Wildman–Crippen MR) is 59.6 cm³/mol. The summed E-state index contributed by atoms with van der Waals surface area (Å²) < 4.78 is 14.1. The summed E-state index contributed by atoms with van der Waals surface area (Å²) >= 11 is 0. The van der Waals surface area contributed by atoms with E-state index in [4.69, 9.17) is 30.2 Å². The number of hydrogen-bond donors (Lipinski definition) is 6. The maximum absolute atomic E-state index is 10.7. The minimum absolute atomic E-state index is 0. The molecule has 0 rings (SSSR count). The van der Waals surface area contributed by atoms with Crippen LogP contribution in [0.1, 0.15) is 0 Å². The first kappa shape index (κ1) is 24.6. The van der Waals surface area contributed by atoms with Crippen molar-refractivity contribution in [2.45, 2.75) is 18.3 Å². The van der Waals surface area contributed by atoms with Gasteiger partial charge in [-0.1, -0.05) is 0 Å². The molecule has 2 radical (unpaired) electrons. The van der Waals surface area contributed by atoms with Gasteiger partial charge in [-0.25, -0.2) is 4.57 Å². The van der Waals surface area contributed by atoms with Crippen molar-refractivity contribution in [2.24, 2.45) is 0 Å². The first-order valence-electron chi connectivity index (χ1n) is 4.07. The summed E-state index contributed by atoms with van der Waals surface area (Å²) in [5, 5.41) is 35.6. The summed E-state index contributed by atoms with van der Waals surface area (Å²) in [5.74, 6) is -1.14. The molecule has 3 unspecified atom stereocenters. The summed E-state index contributed by atoms with van der Waals surface area (Å²) in [6.07, 6.45) is -5.94. The molecule has 0 bridgehead atoms. The monoisotopic (exact) mass is 306 g/mol.